The molecule has 2 aromatic heterocycles. The topological polar surface area (TPSA) is 82.7 Å². The summed E-state index contributed by atoms with van der Waals surface area (Å²) in [5.74, 6) is 1.01. The molecule has 0 bridgehead atoms. The smallest absolute Gasteiger partial charge is 0.414 e. The molecule has 1 amide bonds. The van der Waals surface area contributed by atoms with Gasteiger partial charge in [0, 0.05) is 67.0 Å². The Labute approximate surface area is 213 Å². The van der Waals surface area contributed by atoms with E-state index >= 15 is 0 Å². The Hall–Kier alpha value is -3.10. The highest BCUT2D eigenvalue weighted by Crippen LogP contribution is 2.31. The lowest BCUT2D eigenvalue weighted by atomic mass is 10.0. The third-order valence-corrected chi connectivity index (χ3v) is 7.44. The Kier molecular flexibility index (Phi) is 8.03. The molecular weight excluding hydrogens is 454 g/mol. The van der Waals surface area contributed by atoms with E-state index in [0.29, 0.717) is 11.8 Å². The van der Waals surface area contributed by atoms with Crippen LogP contribution < -0.4 is 14.8 Å². The number of hydrogen-bond acceptors (Lipinski definition) is 6. The third-order valence-electron chi connectivity index (χ3n) is 7.44. The van der Waals surface area contributed by atoms with Gasteiger partial charge >= 0.3 is 6.09 Å². The van der Waals surface area contributed by atoms with Crippen molar-refractivity contribution in [2.24, 2.45) is 0 Å². The van der Waals surface area contributed by atoms with E-state index in [9.17, 15) is 4.79 Å². The second-order valence-corrected chi connectivity index (χ2v) is 9.90. The van der Waals surface area contributed by atoms with Crippen LogP contribution >= 0.6 is 0 Å². The monoisotopic (exact) mass is 491 g/mol. The van der Waals surface area contributed by atoms with Gasteiger partial charge in [-0.15, -0.1) is 0 Å². The van der Waals surface area contributed by atoms with Crippen molar-refractivity contribution in [2.75, 3.05) is 46.4 Å². The number of carbonyl (C=O) groups is 1. The van der Waals surface area contributed by atoms with E-state index < -0.39 is 6.09 Å². The van der Waals surface area contributed by atoms with Gasteiger partial charge in [0.05, 0.1) is 7.11 Å². The lowest BCUT2D eigenvalue weighted by molar-refractivity contribution is 0.157. The number of piperidine rings is 1. The predicted octanol–water partition coefficient (Wildman–Crippen LogP) is 4.67. The first kappa shape index (κ1) is 24.6. The minimum Gasteiger partial charge on any atom is -0.481 e. The van der Waals surface area contributed by atoms with Crippen molar-refractivity contribution in [1.29, 1.82) is 0 Å². The normalized spacial score (nSPS) is 18.1. The standard InChI is InChI=1S/C28H37N5O3/c1-35-26-10-9-21(20-29-26)23-7-6-8-25-24(23)19-27(31-25)36-28(34)30-22-11-15-33(16-12-22)18-17-32-13-4-2-3-5-14-32/h6-10,19-20,22,31H,2-5,11-18H2,1H3,(H,30,34). The van der Waals surface area contributed by atoms with Crippen LogP contribution in [0, 0.1) is 0 Å². The number of rotatable bonds is 7. The number of likely N-dealkylation sites (tertiary alicyclic amines) is 2. The molecule has 3 aromatic rings. The van der Waals surface area contributed by atoms with Gasteiger partial charge in [0.15, 0.2) is 0 Å². The summed E-state index contributed by atoms with van der Waals surface area (Å²) < 4.78 is 10.8. The number of nitrogens with one attached hydrogen (secondary N) is 2. The molecule has 0 radical (unpaired) electrons. The van der Waals surface area contributed by atoms with Gasteiger partial charge in [-0.1, -0.05) is 25.0 Å². The quantitative estimate of drug-likeness (QED) is 0.500. The van der Waals surface area contributed by atoms with Gasteiger partial charge in [-0.25, -0.2) is 9.78 Å². The van der Waals surface area contributed by atoms with Gasteiger partial charge in [-0.3, -0.25) is 0 Å². The van der Waals surface area contributed by atoms with Crippen LogP contribution in [0.3, 0.4) is 0 Å². The highest BCUT2D eigenvalue weighted by Gasteiger charge is 2.22. The number of hydrogen-bond donors (Lipinski definition) is 2. The molecule has 8 heteroatoms. The van der Waals surface area contributed by atoms with Gasteiger partial charge in [0.2, 0.25) is 11.8 Å². The fourth-order valence-electron chi connectivity index (χ4n) is 5.34. The highest BCUT2D eigenvalue weighted by atomic mass is 16.6. The number of pyridine rings is 1. The molecule has 192 valence electrons. The van der Waals surface area contributed by atoms with Crippen LogP contribution in [-0.4, -0.2) is 78.3 Å². The molecule has 2 saturated heterocycles. The van der Waals surface area contributed by atoms with Crippen LogP contribution in [0.15, 0.2) is 42.6 Å². The van der Waals surface area contributed by atoms with E-state index in [4.69, 9.17) is 9.47 Å². The van der Waals surface area contributed by atoms with E-state index in [1.165, 1.54) is 38.8 Å². The number of nitrogens with zero attached hydrogens (tertiary/aromatic N) is 3. The lowest BCUT2D eigenvalue weighted by Gasteiger charge is -2.33. The van der Waals surface area contributed by atoms with Crippen molar-refractivity contribution in [3.63, 3.8) is 0 Å². The minimum atomic E-state index is -0.405. The second-order valence-electron chi connectivity index (χ2n) is 9.90. The van der Waals surface area contributed by atoms with Gasteiger partial charge in [0.25, 0.3) is 0 Å². The molecule has 5 rings (SSSR count). The predicted molar refractivity (Wildman–Crippen MR) is 142 cm³/mol. The molecule has 0 atom stereocenters. The van der Waals surface area contributed by atoms with Gasteiger partial charge in [-0.05, 0) is 56.5 Å². The van der Waals surface area contributed by atoms with Crippen LogP contribution in [0.4, 0.5) is 4.79 Å². The van der Waals surface area contributed by atoms with Crippen LogP contribution in [0.5, 0.6) is 11.8 Å². The zero-order valence-electron chi connectivity index (χ0n) is 21.2. The number of ether oxygens (including phenoxy) is 2. The van der Waals surface area contributed by atoms with Crippen LogP contribution in [0.25, 0.3) is 22.0 Å². The van der Waals surface area contributed by atoms with E-state index in [1.807, 2.05) is 36.4 Å². The molecule has 2 N–H and O–H groups in total. The molecule has 2 fully saturated rings. The first-order valence-electron chi connectivity index (χ1n) is 13.2. The van der Waals surface area contributed by atoms with Crippen LogP contribution in [0.1, 0.15) is 38.5 Å². The zero-order valence-corrected chi connectivity index (χ0v) is 21.2. The molecule has 8 nitrogen and oxygen atoms in total. The molecular formula is C28H37N5O3. The first-order chi connectivity index (χ1) is 17.7. The van der Waals surface area contributed by atoms with Gasteiger partial charge in [0.1, 0.15) is 0 Å². The summed E-state index contributed by atoms with van der Waals surface area (Å²) >= 11 is 0. The Morgan fingerprint density at radius 3 is 2.47 bits per heavy atom. The molecule has 2 aliphatic heterocycles. The van der Waals surface area contributed by atoms with Crippen molar-refractivity contribution in [3.05, 3.63) is 42.6 Å². The Balaban J connectivity index is 1.12. The summed E-state index contributed by atoms with van der Waals surface area (Å²) in [7, 11) is 1.60. The van der Waals surface area contributed by atoms with Crippen molar-refractivity contribution < 1.29 is 14.3 Å². The molecule has 0 saturated carbocycles. The van der Waals surface area contributed by atoms with E-state index in [0.717, 1.165) is 61.1 Å². The van der Waals surface area contributed by atoms with Crippen LogP contribution in [0.2, 0.25) is 0 Å². The summed E-state index contributed by atoms with van der Waals surface area (Å²) in [6, 6.07) is 11.8. The largest absolute Gasteiger partial charge is 0.481 e. The maximum Gasteiger partial charge on any atom is 0.414 e. The first-order valence-corrected chi connectivity index (χ1v) is 13.2. The van der Waals surface area contributed by atoms with Crippen molar-refractivity contribution >= 4 is 17.0 Å². The number of fused-ring (bicyclic) bond motifs is 1. The average molecular weight is 492 g/mol. The molecule has 1 aromatic carbocycles. The number of aromatic nitrogens is 2. The van der Waals surface area contributed by atoms with Crippen molar-refractivity contribution in [2.45, 2.75) is 44.6 Å². The number of benzene rings is 1. The Bertz CT molecular complexity index is 1130. The number of H-pyrrole nitrogens is 1. The maximum atomic E-state index is 12.6. The van der Waals surface area contributed by atoms with E-state index in [-0.39, 0.29) is 6.04 Å². The van der Waals surface area contributed by atoms with Crippen LogP contribution in [-0.2, 0) is 0 Å². The minimum absolute atomic E-state index is 0.150. The summed E-state index contributed by atoms with van der Waals surface area (Å²) in [4.78, 5) is 25.3. The Morgan fingerprint density at radius 1 is 1.03 bits per heavy atom. The third kappa shape index (κ3) is 6.17. The van der Waals surface area contributed by atoms with Gasteiger partial charge < -0.3 is 29.6 Å². The summed E-state index contributed by atoms with van der Waals surface area (Å²) in [6.45, 7) is 6.81. The Morgan fingerprint density at radius 2 is 1.78 bits per heavy atom. The number of methoxy groups -OCH3 is 1. The summed E-state index contributed by atoms with van der Waals surface area (Å²) in [5, 5.41) is 4.04. The molecule has 4 heterocycles. The second kappa shape index (κ2) is 11.8. The SMILES string of the molecule is COc1ccc(-c2cccc3[nH]c(OC(=O)NC4CCN(CCN5CCCCCC5)CC4)cc23)cn1. The van der Waals surface area contributed by atoms with E-state index in [1.54, 1.807) is 13.3 Å². The fourth-order valence-corrected chi connectivity index (χ4v) is 5.34. The molecule has 0 aliphatic carbocycles. The maximum absolute atomic E-state index is 12.6. The molecule has 36 heavy (non-hydrogen) atoms. The highest BCUT2D eigenvalue weighted by molar-refractivity contribution is 5.96. The van der Waals surface area contributed by atoms with E-state index in [2.05, 4.69) is 25.1 Å². The summed E-state index contributed by atoms with van der Waals surface area (Å²) in [6.07, 6.45) is 8.72. The van der Waals surface area contributed by atoms with Crippen molar-refractivity contribution in [3.8, 4) is 22.9 Å². The molecule has 2 aliphatic rings. The molecule has 0 unspecified atom stereocenters. The van der Waals surface area contributed by atoms with Gasteiger partial charge in [-0.2, -0.15) is 0 Å². The number of carbonyl (C=O) groups excluding carboxylic acids is 1. The molecule has 0 spiro atoms. The zero-order chi connectivity index (χ0) is 24.7. The number of amides is 1. The number of aromatic amines is 1. The van der Waals surface area contributed by atoms with Crippen molar-refractivity contribution in [1.82, 2.24) is 25.1 Å². The lowest BCUT2D eigenvalue weighted by Crippen LogP contribution is -2.47. The summed E-state index contributed by atoms with van der Waals surface area (Å²) in [5.41, 5.74) is 2.89. The average Bonchev–Trinajstić information content (AvgIpc) is 3.13. The fraction of sp³-hybridized carbons (Fsp3) is 0.500.